The van der Waals surface area contributed by atoms with Gasteiger partial charge in [0.25, 0.3) is 0 Å². The number of aromatic nitrogens is 2. The molecule has 0 atom stereocenters. The number of ether oxygens (including phenoxy) is 1. The zero-order valence-corrected chi connectivity index (χ0v) is 11.1. The number of hydrogen-bond acceptors (Lipinski definition) is 3. The first kappa shape index (κ1) is 12.4. The van der Waals surface area contributed by atoms with Gasteiger partial charge in [0.15, 0.2) is 5.78 Å². The molecular formula is C16H14N2O2. The Balaban J connectivity index is 1.95. The van der Waals surface area contributed by atoms with Crippen molar-refractivity contribution in [3.05, 3.63) is 66.0 Å². The summed E-state index contributed by atoms with van der Waals surface area (Å²) in [6, 6.07) is 12.8. The molecule has 100 valence electrons. The van der Waals surface area contributed by atoms with Crippen LogP contribution in [0.4, 0.5) is 0 Å². The molecule has 1 aromatic carbocycles. The van der Waals surface area contributed by atoms with E-state index >= 15 is 0 Å². The Morgan fingerprint density at radius 2 is 2.00 bits per heavy atom. The number of benzene rings is 1. The maximum absolute atomic E-state index is 12.5. The first-order valence-electron chi connectivity index (χ1n) is 6.49. The number of carbonyl (C=O) groups excluding carboxylic acids is 1. The molecule has 0 saturated heterocycles. The van der Waals surface area contributed by atoms with Crippen molar-refractivity contribution in [3.63, 3.8) is 0 Å². The second-order valence-corrected chi connectivity index (χ2v) is 4.38. The minimum Gasteiger partial charge on any atom is -0.494 e. The molecule has 0 aliphatic carbocycles. The van der Waals surface area contributed by atoms with Gasteiger partial charge in [0, 0.05) is 11.8 Å². The van der Waals surface area contributed by atoms with Gasteiger partial charge in [-0.1, -0.05) is 6.07 Å². The molecule has 0 bridgehead atoms. The van der Waals surface area contributed by atoms with Crippen LogP contribution in [0.15, 0.2) is 54.9 Å². The second kappa shape index (κ2) is 5.17. The highest BCUT2D eigenvalue weighted by Crippen LogP contribution is 2.18. The van der Waals surface area contributed by atoms with Gasteiger partial charge in [-0.3, -0.25) is 4.79 Å². The summed E-state index contributed by atoms with van der Waals surface area (Å²) in [4.78, 5) is 12.5. The molecular weight excluding hydrogens is 252 g/mol. The Hall–Kier alpha value is -2.62. The van der Waals surface area contributed by atoms with E-state index in [1.165, 1.54) is 0 Å². The molecule has 0 aliphatic heterocycles. The Kier molecular flexibility index (Phi) is 3.21. The van der Waals surface area contributed by atoms with Crippen molar-refractivity contribution in [2.24, 2.45) is 0 Å². The minimum atomic E-state index is -0.0331. The van der Waals surface area contributed by atoms with E-state index in [4.69, 9.17) is 4.74 Å². The highest BCUT2D eigenvalue weighted by Gasteiger charge is 2.14. The topological polar surface area (TPSA) is 43.6 Å². The van der Waals surface area contributed by atoms with Gasteiger partial charge in [0.1, 0.15) is 5.75 Å². The second-order valence-electron chi connectivity index (χ2n) is 4.38. The molecule has 3 rings (SSSR count). The number of fused-ring (bicyclic) bond motifs is 1. The van der Waals surface area contributed by atoms with Crippen LogP contribution in [0.1, 0.15) is 22.8 Å². The largest absolute Gasteiger partial charge is 0.494 e. The van der Waals surface area contributed by atoms with E-state index in [0.29, 0.717) is 17.7 Å². The van der Waals surface area contributed by atoms with Crippen LogP contribution in [0.3, 0.4) is 0 Å². The maximum atomic E-state index is 12.5. The third kappa shape index (κ3) is 2.16. The van der Waals surface area contributed by atoms with E-state index in [1.807, 2.05) is 43.5 Å². The van der Waals surface area contributed by atoms with E-state index in [2.05, 4.69) is 5.10 Å². The average molecular weight is 266 g/mol. The Morgan fingerprint density at radius 1 is 1.20 bits per heavy atom. The molecule has 3 aromatic rings. The van der Waals surface area contributed by atoms with E-state index in [0.717, 1.165) is 11.3 Å². The Labute approximate surface area is 116 Å². The fraction of sp³-hybridized carbons (Fsp3) is 0.125. The van der Waals surface area contributed by atoms with Gasteiger partial charge >= 0.3 is 0 Å². The number of carbonyl (C=O) groups is 1. The lowest BCUT2D eigenvalue weighted by Gasteiger charge is -2.04. The molecule has 0 fully saturated rings. The number of rotatable bonds is 4. The van der Waals surface area contributed by atoms with Crippen molar-refractivity contribution in [1.29, 1.82) is 0 Å². The van der Waals surface area contributed by atoms with Crippen molar-refractivity contribution in [1.82, 2.24) is 9.61 Å². The zero-order valence-electron chi connectivity index (χ0n) is 11.1. The van der Waals surface area contributed by atoms with Gasteiger partial charge < -0.3 is 4.74 Å². The molecule has 0 spiro atoms. The van der Waals surface area contributed by atoms with Gasteiger partial charge in [-0.05, 0) is 43.3 Å². The van der Waals surface area contributed by atoms with E-state index in [-0.39, 0.29) is 5.78 Å². The normalized spacial score (nSPS) is 10.7. The Bertz CT molecular complexity index is 745. The van der Waals surface area contributed by atoms with Crippen LogP contribution < -0.4 is 4.74 Å². The van der Waals surface area contributed by atoms with Crippen LogP contribution in [0.5, 0.6) is 5.75 Å². The summed E-state index contributed by atoms with van der Waals surface area (Å²) in [5, 5.41) is 4.18. The first-order chi connectivity index (χ1) is 9.79. The Morgan fingerprint density at radius 3 is 2.75 bits per heavy atom. The van der Waals surface area contributed by atoms with Crippen molar-refractivity contribution in [3.8, 4) is 5.75 Å². The summed E-state index contributed by atoms with van der Waals surface area (Å²) in [7, 11) is 0. The maximum Gasteiger partial charge on any atom is 0.196 e. The molecule has 0 saturated carbocycles. The summed E-state index contributed by atoms with van der Waals surface area (Å²) in [5.41, 5.74) is 2.05. The van der Waals surface area contributed by atoms with Crippen LogP contribution in [-0.4, -0.2) is 22.0 Å². The van der Waals surface area contributed by atoms with Crippen molar-refractivity contribution < 1.29 is 9.53 Å². The summed E-state index contributed by atoms with van der Waals surface area (Å²) in [5.74, 6) is 0.734. The molecule has 0 radical (unpaired) electrons. The quantitative estimate of drug-likeness (QED) is 0.682. The highest BCUT2D eigenvalue weighted by atomic mass is 16.5. The van der Waals surface area contributed by atoms with Gasteiger partial charge in [-0.25, -0.2) is 4.52 Å². The molecule has 4 heteroatoms. The predicted octanol–water partition coefficient (Wildman–Crippen LogP) is 2.96. The van der Waals surface area contributed by atoms with Gasteiger partial charge in [-0.15, -0.1) is 0 Å². The van der Waals surface area contributed by atoms with Crippen molar-refractivity contribution in [2.45, 2.75) is 6.92 Å². The lowest BCUT2D eigenvalue weighted by atomic mass is 10.0. The number of pyridine rings is 1. The van der Waals surface area contributed by atoms with Crippen molar-refractivity contribution >= 4 is 11.3 Å². The SMILES string of the molecule is CCOc1ccc(C(=O)c2cnn3ccccc23)cc1. The summed E-state index contributed by atoms with van der Waals surface area (Å²) in [6.07, 6.45) is 3.43. The van der Waals surface area contributed by atoms with E-state index < -0.39 is 0 Å². The van der Waals surface area contributed by atoms with Gasteiger partial charge in [0.2, 0.25) is 0 Å². The van der Waals surface area contributed by atoms with Crippen LogP contribution in [-0.2, 0) is 0 Å². The first-order valence-corrected chi connectivity index (χ1v) is 6.49. The number of nitrogens with zero attached hydrogens (tertiary/aromatic N) is 2. The van der Waals surface area contributed by atoms with Crippen LogP contribution in [0, 0.1) is 0 Å². The van der Waals surface area contributed by atoms with Gasteiger partial charge in [-0.2, -0.15) is 5.10 Å². The molecule has 0 amide bonds. The number of ketones is 1. The predicted molar refractivity (Wildman–Crippen MR) is 76.2 cm³/mol. The molecule has 2 aromatic heterocycles. The summed E-state index contributed by atoms with van der Waals surface area (Å²) in [6.45, 7) is 2.54. The third-order valence-corrected chi connectivity index (χ3v) is 3.10. The fourth-order valence-electron chi connectivity index (χ4n) is 2.13. The molecule has 20 heavy (non-hydrogen) atoms. The minimum absolute atomic E-state index is 0.0331. The lowest BCUT2D eigenvalue weighted by Crippen LogP contribution is -2.01. The van der Waals surface area contributed by atoms with E-state index in [1.54, 1.807) is 22.8 Å². The number of hydrogen-bond donors (Lipinski definition) is 0. The molecule has 4 nitrogen and oxygen atoms in total. The lowest BCUT2D eigenvalue weighted by molar-refractivity contribution is 0.104. The smallest absolute Gasteiger partial charge is 0.196 e. The van der Waals surface area contributed by atoms with Crippen LogP contribution in [0.25, 0.3) is 5.52 Å². The summed E-state index contributed by atoms with van der Waals surface area (Å²) >= 11 is 0. The van der Waals surface area contributed by atoms with E-state index in [9.17, 15) is 4.79 Å². The molecule has 0 aliphatic rings. The third-order valence-electron chi connectivity index (χ3n) is 3.10. The monoisotopic (exact) mass is 266 g/mol. The van der Waals surface area contributed by atoms with Crippen molar-refractivity contribution in [2.75, 3.05) is 6.61 Å². The standard InChI is InChI=1S/C16H14N2O2/c1-2-20-13-8-6-12(7-9-13)16(19)14-11-17-18-10-4-3-5-15(14)18/h3-11H,2H2,1H3. The zero-order chi connectivity index (χ0) is 13.9. The molecule has 0 unspecified atom stereocenters. The van der Waals surface area contributed by atoms with Gasteiger partial charge in [0.05, 0.1) is 23.9 Å². The average Bonchev–Trinajstić information content (AvgIpc) is 2.92. The molecule has 0 N–H and O–H groups in total. The van der Waals surface area contributed by atoms with Crippen LogP contribution >= 0.6 is 0 Å². The highest BCUT2D eigenvalue weighted by molar-refractivity contribution is 6.13. The fourth-order valence-corrected chi connectivity index (χ4v) is 2.13. The summed E-state index contributed by atoms with van der Waals surface area (Å²) < 4.78 is 7.07. The van der Waals surface area contributed by atoms with Crippen LogP contribution in [0.2, 0.25) is 0 Å². The molecule has 2 heterocycles.